The lowest BCUT2D eigenvalue weighted by molar-refractivity contribution is 0.0600. The summed E-state index contributed by atoms with van der Waals surface area (Å²) in [6, 6.07) is 3.77. The van der Waals surface area contributed by atoms with Gasteiger partial charge in [0.2, 0.25) is 0 Å². The molecule has 0 unspecified atom stereocenters. The van der Waals surface area contributed by atoms with E-state index in [1.807, 2.05) is 0 Å². The Balaban J connectivity index is 3.42. The molecule has 0 fully saturated rings. The molecule has 0 aliphatic carbocycles. The first kappa shape index (κ1) is 13.9. The fraction of sp³-hybridized carbons (Fsp3) is 0.231. The molecule has 0 atom stereocenters. The lowest BCUT2D eigenvalue weighted by atomic mass is 9.98. The van der Waals surface area contributed by atoms with Crippen molar-refractivity contribution >= 4 is 17.3 Å². The van der Waals surface area contributed by atoms with E-state index in [1.54, 1.807) is 13.8 Å². The molecule has 18 heavy (non-hydrogen) atoms. The van der Waals surface area contributed by atoms with Crippen LogP contribution in [0.15, 0.2) is 23.9 Å². The minimum atomic E-state index is -0.632. The van der Waals surface area contributed by atoms with Crippen molar-refractivity contribution in [3.8, 4) is 0 Å². The predicted octanol–water partition coefficient (Wildman–Crippen LogP) is 2.34. The summed E-state index contributed by atoms with van der Waals surface area (Å²) >= 11 is 0. The Morgan fingerprint density at radius 1 is 1.28 bits per heavy atom. The number of hydrogen-bond acceptors (Lipinski definition) is 4. The molecule has 0 aliphatic heterocycles. The third-order valence-electron chi connectivity index (χ3n) is 2.38. The molecule has 0 saturated heterocycles. The second kappa shape index (κ2) is 5.44. The summed E-state index contributed by atoms with van der Waals surface area (Å²) in [5.41, 5.74) is 7.17. The van der Waals surface area contributed by atoms with Gasteiger partial charge in [-0.3, -0.25) is 0 Å². The van der Waals surface area contributed by atoms with Crippen molar-refractivity contribution in [2.45, 2.75) is 13.8 Å². The summed E-state index contributed by atoms with van der Waals surface area (Å²) in [6.45, 7) is 3.17. The molecular formula is C13H15FN2O2. The molecule has 0 radical (unpaired) electrons. The Morgan fingerprint density at radius 2 is 1.83 bits per heavy atom. The van der Waals surface area contributed by atoms with Gasteiger partial charge < -0.3 is 15.9 Å². The number of halogens is 1. The lowest BCUT2D eigenvalue weighted by Crippen LogP contribution is -2.08. The van der Waals surface area contributed by atoms with Crippen LogP contribution in [0.5, 0.6) is 0 Å². The van der Waals surface area contributed by atoms with Gasteiger partial charge in [0.25, 0.3) is 0 Å². The van der Waals surface area contributed by atoms with Gasteiger partial charge in [-0.2, -0.15) is 0 Å². The fourth-order valence-electron chi connectivity index (χ4n) is 1.71. The summed E-state index contributed by atoms with van der Waals surface area (Å²) in [5.74, 6) is -1.21. The number of carbonyl (C=O) groups is 1. The zero-order chi connectivity index (χ0) is 13.9. The highest BCUT2D eigenvalue weighted by atomic mass is 19.1. The number of hydrogen-bond donors (Lipinski definition) is 2. The van der Waals surface area contributed by atoms with Crippen molar-refractivity contribution in [3.63, 3.8) is 0 Å². The maximum Gasteiger partial charge on any atom is 0.337 e. The largest absolute Gasteiger partial charge is 0.465 e. The number of benzene rings is 1. The molecule has 0 heterocycles. The van der Waals surface area contributed by atoms with Crippen molar-refractivity contribution in [1.82, 2.24) is 0 Å². The molecule has 1 rings (SSSR count). The van der Waals surface area contributed by atoms with E-state index in [1.165, 1.54) is 19.2 Å². The second-order valence-electron chi connectivity index (χ2n) is 3.90. The molecule has 0 bridgehead atoms. The predicted molar refractivity (Wildman–Crippen MR) is 67.9 cm³/mol. The molecule has 0 saturated carbocycles. The third kappa shape index (κ3) is 2.94. The van der Waals surface area contributed by atoms with Gasteiger partial charge in [0, 0.05) is 17.0 Å². The van der Waals surface area contributed by atoms with E-state index in [0.29, 0.717) is 16.8 Å². The molecule has 0 spiro atoms. The highest BCUT2D eigenvalue weighted by Crippen LogP contribution is 2.21. The van der Waals surface area contributed by atoms with Crippen molar-refractivity contribution < 1.29 is 13.9 Å². The van der Waals surface area contributed by atoms with Crippen LogP contribution in [0.3, 0.4) is 0 Å². The lowest BCUT2D eigenvalue weighted by Gasteiger charge is -2.10. The minimum Gasteiger partial charge on any atom is -0.465 e. The maximum atomic E-state index is 13.5. The van der Waals surface area contributed by atoms with Crippen LogP contribution in [-0.2, 0) is 4.74 Å². The zero-order valence-electron chi connectivity index (χ0n) is 10.5. The quantitative estimate of drug-likeness (QED) is 0.638. The second-order valence-corrected chi connectivity index (χ2v) is 3.90. The maximum absolute atomic E-state index is 13.5. The Labute approximate surface area is 105 Å². The number of nitrogens with one attached hydrogen (secondary N) is 1. The van der Waals surface area contributed by atoms with Crippen LogP contribution in [0.4, 0.5) is 4.39 Å². The average molecular weight is 250 g/mol. The van der Waals surface area contributed by atoms with Crippen LogP contribution in [0.25, 0.3) is 5.57 Å². The summed E-state index contributed by atoms with van der Waals surface area (Å²) < 4.78 is 18.0. The van der Waals surface area contributed by atoms with Crippen molar-refractivity contribution in [3.05, 3.63) is 40.8 Å². The molecule has 1 aromatic carbocycles. The van der Waals surface area contributed by atoms with Crippen molar-refractivity contribution in [2.75, 3.05) is 7.11 Å². The van der Waals surface area contributed by atoms with Gasteiger partial charge in [-0.15, -0.1) is 0 Å². The molecule has 1 aromatic rings. The monoisotopic (exact) mass is 250 g/mol. The van der Waals surface area contributed by atoms with Gasteiger partial charge in [-0.25, -0.2) is 9.18 Å². The van der Waals surface area contributed by atoms with Gasteiger partial charge in [-0.05, 0) is 37.6 Å². The molecular weight excluding hydrogens is 235 g/mol. The van der Waals surface area contributed by atoms with E-state index in [2.05, 4.69) is 4.74 Å². The van der Waals surface area contributed by atoms with Crippen LogP contribution in [-0.4, -0.2) is 18.8 Å². The van der Waals surface area contributed by atoms with E-state index >= 15 is 0 Å². The number of rotatable bonds is 3. The van der Waals surface area contributed by atoms with Crippen molar-refractivity contribution in [2.24, 2.45) is 5.73 Å². The van der Waals surface area contributed by atoms with Crippen LogP contribution >= 0.6 is 0 Å². The van der Waals surface area contributed by atoms with Crippen LogP contribution in [0.2, 0.25) is 0 Å². The normalized spacial score (nSPS) is 11.8. The number of carbonyl (C=O) groups excluding carboxylic acids is 1. The molecule has 3 N–H and O–H groups in total. The summed E-state index contributed by atoms with van der Waals surface area (Å²) in [4.78, 5) is 11.4. The standard InChI is InChI=1S/C13H15FN2O2/c1-7(15)12(8(2)16)9-4-10(13(17)18-3)6-11(14)5-9/h4-6,15H,16H2,1-3H3. The van der Waals surface area contributed by atoms with Gasteiger partial charge >= 0.3 is 5.97 Å². The van der Waals surface area contributed by atoms with Crippen LogP contribution < -0.4 is 5.73 Å². The van der Waals surface area contributed by atoms with Gasteiger partial charge in [0.1, 0.15) is 5.82 Å². The zero-order valence-corrected chi connectivity index (χ0v) is 10.5. The first-order valence-electron chi connectivity index (χ1n) is 5.28. The van der Waals surface area contributed by atoms with E-state index in [-0.39, 0.29) is 11.3 Å². The summed E-state index contributed by atoms with van der Waals surface area (Å²) in [6.07, 6.45) is 0. The van der Waals surface area contributed by atoms with E-state index in [4.69, 9.17) is 11.1 Å². The molecule has 0 aromatic heterocycles. The van der Waals surface area contributed by atoms with Crippen LogP contribution in [0, 0.1) is 11.2 Å². The Morgan fingerprint density at radius 3 is 2.28 bits per heavy atom. The van der Waals surface area contributed by atoms with E-state index in [9.17, 15) is 9.18 Å². The third-order valence-corrected chi connectivity index (χ3v) is 2.38. The highest BCUT2D eigenvalue weighted by Gasteiger charge is 2.13. The first-order chi connectivity index (χ1) is 8.36. The SMILES string of the molecule is COC(=O)c1cc(F)cc(C(C(C)=N)=C(C)N)c1. The van der Waals surface area contributed by atoms with Crippen molar-refractivity contribution in [1.29, 1.82) is 5.41 Å². The molecule has 0 amide bonds. The number of ether oxygens (including phenoxy) is 1. The number of esters is 1. The van der Waals surface area contributed by atoms with Gasteiger partial charge in [0.15, 0.2) is 0 Å². The Bertz CT molecular complexity index is 532. The average Bonchev–Trinajstić information content (AvgIpc) is 2.26. The Kier molecular flexibility index (Phi) is 4.20. The van der Waals surface area contributed by atoms with Gasteiger partial charge in [-0.1, -0.05) is 0 Å². The molecule has 4 nitrogen and oxygen atoms in total. The smallest absolute Gasteiger partial charge is 0.337 e. The van der Waals surface area contributed by atoms with E-state index in [0.717, 1.165) is 6.07 Å². The molecule has 96 valence electrons. The summed E-state index contributed by atoms with van der Waals surface area (Å²) in [5, 5.41) is 7.64. The van der Waals surface area contributed by atoms with Gasteiger partial charge in [0.05, 0.1) is 12.7 Å². The number of methoxy groups -OCH3 is 1. The van der Waals surface area contributed by atoms with E-state index < -0.39 is 11.8 Å². The summed E-state index contributed by atoms with van der Waals surface area (Å²) in [7, 11) is 1.22. The highest BCUT2D eigenvalue weighted by molar-refractivity contribution is 6.22. The Hall–Kier alpha value is -2.17. The van der Waals surface area contributed by atoms with Crippen LogP contribution in [0.1, 0.15) is 29.8 Å². The number of nitrogens with two attached hydrogens (primary N) is 1. The number of allylic oxidation sites excluding steroid dienone is 2. The first-order valence-corrected chi connectivity index (χ1v) is 5.28. The minimum absolute atomic E-state index is 0.0903. The fourth-order valence-corrected chi connectivity index (χ4v) is 1.71. The topological polar surface area (TPSA) is 76.2 Å². The molecule has 0 aliphatic rings. The molecule has 5 heteroatoms.